The second-order valence-electron chi connectivity index (χ2n) is 5.32. The van der Waals surface area contributed by atoms with E-state index in [-0.39, 0.29) is 0 Å². The van der Waals surface area contributed by atoms with Gasteiger partial charge in [-0.3, -0.25) is 0 Å². The van der Waals surface area contributed by atoms with E-state index in [2.05, 4.69) is 17.6 Å². The van der Waals surface area contributed by atoms with Gasteiger partial charge in [0.15, 0.2) is 0 Å². The summed E-state index contributed by atoms with van der Waals surface area (Å²) in [6, 6.07) is 7.99. The zero-order valence-corrected chi connectivity index (χ0v) is 11.8. The third kappa shape index (κ3) is 2.30. The van der Waals surface area contributed by atoms with Crippen molar-refractivity contribution in [2.24, 2.45) is 0 Å². The lowest BCUT2D eigenvalue weighted by atomic mass is 9.99. The van der Waals surface area contributed by atoms with Crippen LogP contribution in [0.3, 0.4) is 0 Å². The number of hydrogen-bond acceptors (Lipinski definition) is 3. The fraction of sp³-hybridized carbons (Fsp3) is 0.500. The Morgan fingerprint density at radius 1 is 1.40 bits per heavy atom. The van der Waals surface area contributed by atoms with Crippen molar-refractivity contribution in [1.29, 1.82) is 5.26 Å². The standard InChI is InChI=1S/C16H19N3O/c1-2-7-19-15-4-3-12(11-17)10-14(15)18-16(19)13-5-8-20-9-6-13/h3-4,10,13H,2,5-9H2,1H3. The lowest BCUT2D eigenvalue weighted by molar-refractivity contribution is 0.0829. The lowest BCUT2D eigenvalue weighted by Gasteiger charge is -2.22. The Hall–Kier alpha value is -1.86. The molecule has 0 amide bonds. The third-order valence-electron chi connectivity index (χ3n) is 3.94. The van der Waals surface area contributed by atoms with Crippen LogP contribution in [0, 0.1) is 11.3 Å². The third-order valence-corrected chi connectivity index (χ3v) is 3.94. The Bertz CT molecular complexity index is 648. The van der Waals surface area contributed by atoms with E-state index < -0.39 is 0 Å². The summed E-state index contributed by atoms with van der Waals surface area (Å²) in [5.41, 5.74) is 2.77. The predicted molar refractivity (Wildman–Crippen MR) is 77.5 cm³/mol. The molecule has 0 saturated carbocycles. The normalized spacial score (nSPS) is 16.4. The van der Waals surface area contributed by atoms with Gasteiger partial charge in [-0.2, -0.15) is 5.26 Å². The molecule has 1 aliphatic rings. The maximum Gasteiger partial charge on any atom is 0.113 e. The first kappa shape index (κ1) is 13.1. The molecule has 0 N–H and O–H groups in total. The summed E-state index contributed by atoms with van der Waals surface area (Å²) in [6.45, 7) is 4.81. The van der Waals surface area contributed by atoms with Gasteiger partial charge in [0.1, 0.15) is 5.82 Å². The Labute approximate surface area is 119 Å². The van der Waals surface area contributed by atoms with Crippen molar-refractivity contribution in [2.75, 3.05) is 13.2 Å². The molecule has 0 radical (unpaired) electrons. The summed E-state index contributed by atoms with van der Waals surface area (Å²) < 4.78 is 7.78. The van der Waals surface area contributed by atoms with Crippen LogP contribution in [-0.4, -0.2) is 22.8 Å². The molecule has 1 aromatic heterocycles. The maximum absolute atomic E-state index is 9.02. The molecular formula is C16H19N3O. The topological polar surface area (TPSA) is 50.8 Å². The van der Waals surface area contributed by atoms with E-state index in [0.717, 1.165) is 50.1 Å². The lowest BCUT2D eigenvalue weighted by Crippen LogP contribution is -2.18. The highest BCUT2D eigenvalue weighted by molar-refractivity contribution is 5.78. The molecule has 0 bridgehead atoms. The minimum atomic E-state index is 0.480. The zero-order chi connectivity index (χ0) is 13.9. The van der Waals surface area contributed by atoms with Crippen LogP contribution in [0.15, 0.2) is 18.2 Å². The van der Waals surface area contributed by atoms with E-state index in [1.54, 1.807) is 0 Å². The number of aryl methyl sites for hydroxylation is 1. The fourth-order valence-corrected chi connectivity index (χ4v) is 2.94. The van der Waals surface area contributed by atoms with Gasteiger partial charge >= 0.3 is 0 Å². The number of rotatable bonds is 3. The number of ether oxygens (including phenoxy) is 1. The van der Waals surface area contributed by atoms with Gasteiger partial charge in [0, 0.05) is 25.7 Å². The first-order valence-corrected chi connectivity index (χ1v) is 7.31. The Kier molecular flexibility index (Phi) is 3.70. The molecule has 3 rings (SSSR count). The van der Waals surface area contributed by atoms with Gasteiger partial charge < -0.3 is 9.30 Å². The van der Waals surface area contributed by atoms with Crippen LogP contribution in [0.4, 0.5) is 0 Å². The molecule has 4 nitrogen and oxygen atoms in total. The molecule has 20 heavy (non-hydrogen) atoms. The van der Waals surface area contributed by atoms with E-state index in [4.69, 9.17) is 15.0 Å². The van der Waals surface area contributed by atoms with Crippen molar-refractivity contribution in [2.45, 2.75) is 38.6 Å². The average molecular weight is 269 g/mol. The van der Waals surface area contributed by atoms with Gasteiger partial charge in [-0.05, 0) is 37.5 Å². The van der Waals surface area contributed by atoms with Crippen LogP contribution in [0.2, 0.25) is 0 Å². The molecule has 0 atom stereocenters. The molecule has 1 saturated heterocycles. The van der Waals surface area contributed by atoms with Gasteiger partial charge in [-0.15, -0.1) is 0 Å². The molecular weight excluding hydrogens is 250 g/mol. The summed E-state index contributed by atoms with van der Waals surface area (Å²) >= 11 is 0. The van der Waals surface area contributed by atoms with Crippen LogP contribution >= 0.6 is 0 Å². The van der Waals surface area contributed by atoms with Crippen molar-refractivity contribution in [3.8, 4) is 6.07 Å². The van der Waals surface area contributed by atoms with Gasteiger partial charge in [-0.25, -0.2) is 4.98 Å². The summed E-state index contributed by atoms with van der Waals surface area (Å²) in [4.78, 5) is 4.82. The molecule has 2 heterocycles. The van der Waals surface area contributed by atoms with Crippen LogP contribution in [0.5, 0.6) is 0 Å². The van der Waals surface area contributed by atoms with E-state index >= 15 is 0 Å². The van der Waals surface area contributed by atoms with Crippen molar-refractivity contribution < 1.29 is 4.74 Å². The highest BCUT2D eigenvalue weighted by atomic mass is 16.5. The molecule has 1 aliphatic heterocycles. The minimum absolute atomic E-state index is 0.480. The van der Waals surface area contributed by atoms with Gasteiger partial charge in [0.05, 0.1) is 22.7 Å². The molecule has 0 unspecified atom stereocenters. The Morgan fingerprint density at radius 2 is 2.20 bits per heavy atom. The first-order chi connectivity index (χ1) is 9.83. The SMILES string of the molecule is CCCn1c(C2CCOCC2)nc2cc(C#N)ccc21. The van der Waals surface area contributed by atoms with E-state index in [9.17, 15) is 0 Å². The summed E-state index contributed by atoms with van der Waals surface area (Å²) in [5, 5.41) is 9.02. The average Bonchev–Trinajstić information content (AvgIpc) is 2.86. The number of aromatic nitrogens is 2. The highest BCUT2D eigenvalue weighted by Gasteiger charge is 2.22. The van der Waals surface area contributed by atoms with Crippen LogP contribution < -0.4 is 0 Å². The molecule has 0 spiro atoms. The number of hydrogen-bond donors (Lipinski definition) is 0. The van der Waals surface area contributed by atoms with Crippen molar-refractivity contribution in [3.63, 3.8) is 0 Å². The number of nitriles is 1. The van der Waals surface area contributed by atoms with Crippen molar-refractivity contribution >= 4 is 11.0 Å². The zero-order valence-electron chi connectivity index (χ0n) is 11.8. The largest absolute Gasteiger partial charge is 0.381 e. The van der Waals surface area contributed by atoms with Gasteiger partial charge in [-0.1, -0.05) is 6.92 Å². The van der Waals surface area contributed by atoms with Gasteiger partial charge in [0.25, 0.3) is 0 Å². The smallest absolute Gasteiger partial charge is 0.113 e. The molecule has 2 aromatic rings. The van der Waals surface area contributed by atoms with Crippen LogP contribution in [0.25, 0.3) is 11.0 Å². The summed E-state index contributed by atoms with van der Waals surface area (Å²) in [7, 11) is 0. The van der Waals surface area contributed by atoms with Crippen molar-refractivity contribution in [3.05, 3.63) is 29.6 Å². The number of imidazole rings is 1. The quantitative estimate of drug-likeness (QED) is 0.859. The highest BCUT2D eigenvalue weighted by Crippen LogP contribution is 2.29. The predicted octanol–water partition coefficient (Wildman–Crippen LogP) is 3.21. The first-order valence-electron chi connectivity index (χ1n) is 7.31. The van der Waals surface area contributed by atoms with Crippen LogP contribution in [0.1, 0.15) is 43.5 Å². The molecule has 0 aliphatic carbocycles. The minimum Gasteiger partial charge on any atom is -0.381 e. The molecule has 104 valence electrons. The number of benzene rings is 1. The molecule has 1 aromatic carbocycles. The Morgan fingerprint density at radius 3 is 2.90 bits per heavy atom. The second-order valence-corrected chi connectivity index (χ2v) is 5.32. The molecule has 4 heteroatoms. The summed E-state index contributed by atoms with van der Waals surface area (Å²) in [6.07, 6.45) is 3.16. The van der Waals surface area contributed by atoms with Crippen molar-refractivity contribution in [1.82, 2.24) is 9.55 Å². The van der Waals surface area contributed by atoms with Crippen LogP contribution in [-0.2, 0) is 11.3 Å². The summed E-state index contributed by atoms with van der Waals surface area (Å²) in [5.74, 6) is 1.65. The second kappa shape index (κ2) is 5.64. The van der Waals surface area contributed by atoms with E-state index in [1.807, 2.05) is 18.2 Å². The number of fused-ring (bicyclic) bond motifs is 1. The van der Waals surface area contributed by atoms with E-state index in [1.165, 1.54) is 5.82 Å². The maximum atomic E-state index is 9.02. The fourth-order valence-electron chi connectivity index (χ4n) is 2.94. The Balaban J connectivity index is 2.09. The van der Waals surface area contributed by atoms with E-state index in [0.29, 0.717) is 11.5 Å². The molecule has 1 fully saturated rings. The van der Waals surface area contributed by atoms with Gasteiger partial charge in [0.2, 0.25) is 0 Å². The monoisotopic (exact) mass is 269 g/mol. The number of nitrogens with zero attached hydrogens (tertiary/aromatic N) is 3.